The zero-order valence-corrected chi connectivity index (χ0v) is 16.5. The standard InChI is InChI=1S/C22H29N3O3/c1-2-28-17-20-6-5-13-25(16-20)22(27)23-14-18-8-10-19(11-9-18)15-24-12-4-3-7-21(24)26/h3-4,7-12,20H,2,5-6,13-17H2,1H3,(H,23,27)/t20-/m1/s1. The van der Waals surface area contributed by atoms with E-state index in [9.17, 15) is 9.59 Å². The molecule has 0 radical (unpaired) electrons. The summed E-state index contributed by atoms with van der Waals surface area (Å²) in [5, 5.41) is 3.01. The van der Waals surface area contributed by atoms with E-state index in [0.717, 1.165) is 50.3 Å². The first-order valence-corrected chi connectivity index (χ1v) is 9.99. The number of likely N-dealkylation sites (tertiary alicyclic amines) is 1. The van der Waals surface area contributed by atoms with Crippen molar-refractivity contribution in [3.63, 3.8) is 0 Å². The maximum Gasteiger partial charge on any atom is 0.317 e. The summed E-state index contributed by atoms with van der Waals surface area (Å²) in [6, 6.07) is 13.1. The Morgan fingerprint density at radius 2 is 1.96 bits per heavy atom. The molecule has 0 spiro atoms. The van der Waals surface area contributed by atoms with Gasteiger partial charge in [0.1, 0.15) is 0 Å². The molecule has 1 saturated heterocycles. The van der Waals surface area contributed by atoms with Crippen molar-refractivity contribution in [1.82, 2.24) is 14.8 Å². The first kappa shape index (κ1) is 20.1. The predicted molar refractivity (Wildman–Crippen MR) is 109 cm³/mol. The van der Waals surface area contributed by atoms with Gasteiger partial charge < -0.3 is 19.5 Å². The van der Waals surface area contributed by atoms with Crippen LogP contribution in [0.15, 0.2) is 53.5 Å². The average Bonchev–Trinajstić information content (AvgIpc) is 2.73. The molecule has 0 aliphatic carbocycles. The fraction of sp³-hybridized carbons (Fsp3) is 0.455. The van der Waals surface area contributed by atoms with Crippen LogP contribution in [0, 0.1) is 5.92 Å². The smallest absolute Gasteiger partial charge is 0.317 e. The van der Waals surface area contributed by atoms with E-state index in [2.05, 4.69) is 5.32 Å². The molecule has 1 N–H and O–H groups in total. The third-order valence-corrected chi connectivity index (χ3v) is 5.08. The Kier molecular flexibility index (Phi) is 7.25. The van der Waals surface area contributed by atoms with Gasteiger partial charge in [0.05, 0.1) is 13.2 Å². The fourth-order valence-electron chi connectivity index (χ4n) is 3.51. The number of pyridine rings is 1. The molecule has 1 aliphatic rings. The number of amides is 2. The number of ether oxygens (including phenoxy) is 1. The van der Waals surface area contributed by atoms with E-state index in [-0.39, 0.29) is 11.6 Å². The second-order valence-electron chi connectivity index (χ2n) is 7.26. The number of carbonyl (C=O) groups is 1. The third kappa shape index (κ3) is 5.70. The Balaban J connectivity index is 1.48. The zero-order chi connectivity index (χ0) is 19.8. The third-order valence-electron chi connectivity index (χ3n) is 5.08. The molecule has 0 unspecified atom stereocenters. The van der Waals surface area contributed by atoms with Crippen LogP contribution in [0.4, 0.5) is 4.79 Å². The van der Waals surface area contributed by atoms with Crippen molar-refractivity contribution in [2.24, 2.45) is 5.92 Å². The van der Waals surface area contributed by atoms with E-state index in [1.165, 1.54) is 0 Å². The number of rotatable bonds is 7. The minimum absolute atomic E-state index is 0.0111. The molecule has 1 fully saturated rings. The predicted octanol–water partition coefficient (Wildman–Crippen LogP) is 2.85. The second kappa shape index (κ2) is 10.1. The summed E-state index contributed by atoms with van der Waals surface area (Å²) in [5.74, 6) is 0.431. The molecule has 2 amide bonds. The SMILES string of the molecule is CCOC[C@@H]1CCCN(C(=O)NCc2ccc(Cn3ccccc3=O)cc2)C1. The fourth-order valence-corrected chi connectivity index (χ4v) is 3.51. The molecule has 6 nitrogen and oxygen atoms in total. The van der Waals surface area contributed by atoms with Crippen molar-refractivity contribution in [3.05, 3.63) is 70.1 Å². The van der Waals surface area contributed by atoms with Gasteiger partial charge >= 0.3 is 6.03 Å². The van der Waals surface area contributed by atoms with Crippen molar-refractivity contribution >= 4 is 6.03 Å². The Morgan fingerprint density at radius 1 is 1.18 bits per heavy atom. The number of benzene rings is 1. The molecule has 1 atom stereocenters. The van der Waals surface area contributed by atoms with Gasteiger partial charge in [0.15, 0.2) is 0 Å². The molecule has 6 heteroatoms. The van der Waals surface area contributed by atoms with Gasteiger partial charge in [-0.1, -0.05) is 30.3 Å². The quantitative estimate of drug-likeness (QED) is 0.800. The lowest BCUT2D eigenvalue weighted by Gasteiger charge is -2.32. The molecular weight excluding hydrogens is 354 g/mol. The number of aromatic nitrogens is 1. The lowest BCUT2D eigenvalue weighted by atomic mass is 9.99. The van der Waals surface area contributed by atoms with Crippen LogP contribution in [0.25, 0.3) is 0 Å². The topological polar surface area (TPSA) is 63.6 Å². The monoisotopic (exact) mass is 383 g/mol. The minimum Gasteiger partial charge on any atom is -0.381 e. The van der Waals surface area contributed by atoms with Crippen LogP contribution in [0.5, 0.6) is 0 Å². The summed E-state index contributed by atoms with van der Waals surface area (Å²) in [4.78, 5) is 26.2. The van der Waals surface area contributed by atoms with Gasteiger partial charge in [-0.3, -0.25) is 4.79 Å². The van der Waals surface area contributed by atoms with Crippen LogP contribution >= 0.6 is 0 Å². The van der Waals surface area contributed by atoms with Gasteiger partial charge in [-0.2, -0.15) is 0 Å². The molecule has 0 saturated carbocycles. The maximum atomic E-state index is 12.5. The number of hydrogen-bond acceptors (Lipinski definition) is 3. The van der Waals surface area contributed by atoms with E-state index >= 15 is 0 Å². The van der Waals surface area contributed by atoms with E-state index in [1.54, 1.807) is 22.9 Å². The van der Waals surface area contributed by atoms with Gasteiger partial charge in [-0.15, -0.1) is 0 Å². The molecule has 1 aromatic heterocycles. The molecule has 3 rings (SSSR count). The van der Waals surface area contributed by atoms with E-state index in [0.29, 0.717) is 19.0 Å². The van der Waals surface area contributed by atoms with Crippen molar-refractivity contribution < 1.29 is 9.53 Å². The summed E-state index contributed by atoms with van der Waals surface area (Å²) in [7, 11) is 0. The second-order valence-corrected chi connectivity index (χ2v) is 7.26. The van der Waals surface area contributed by atoms with Crippen molar-refractivity contribution in [2.75, 3.05) is 26.3 Å². The number of urea groups is 1. The van der Waals surface area contributed by atoms with Crippen LogP contribution in [0.3, 0.4) is 0 Å². The van der Waals surface area contributed by atoms with E-state index in [1.807, 2.05) is 42.2 Å². The maximum absolute atomic E-state index is 12.5. The summed E-state index contributed by atoms with van der Waals surface area (Å²) in [5.41, 5.74) is 2.08. The largest absolute Gasteiger partial charge is 0.381 e. The number of piperidine rings is 1. The van der Waals surface area contributed by atoms with Crippen LogP contribution in [-0.2, 0) is 17.8 Å². The number of carbonyl (C=O) groups excluding carboxylic acids is 1. The van der Waals surface area contributed by atoms with Crippen LogP contribution in [-0.4, -0.2) is 41.8 Å². The summed E-state index contributed by atoms with van der Waals surface area (Å²) >= 11 is 0. The van der Waals surface area contributed by atoms with Crippen molar-refractivity contribution in [2.45, 2.75) is 32.9 Å². The van der Waals surface area contributed by atoms with Crippen LogP contribution in [0.1, 0.15) is 30.9 Å². The van der Waals surface area contributed by atoms with Gasteiger partial charge in [-0.25, -0.2) is 4.79 Å². The number of hydrogen-bond donors (Lipinski definition) is 1. The van der Waals surface area contributed by atoms with E-state index < -0.39 is 0 Å². The number of nitrogens with one attached hydrogen (secondary N) is 1. The summed E-state index contributed by atoms with van der Waals surface area (Å²) in [6.45, 7) is 6.05. The molecule has 150 valence electrons. The summed E-state index contributed by atoms with van der Waals surface area (Å²) < 4.78 is 7.18. The molecule has 0 bridgehead atoms. The first-order valence-electron chi connectivity index (χ1n) is 9.99. The van der Waals surface area contributed by atoms with Crippen molar-refractivity contribution in [3.8, 4) is 0 Å². The molecular formula is C22H29N3O3. The normalized spacial score (nSPS) is 16.8. The molecule has 2 heterocycles. The molecule has 28 heavy (non-hydrogen) atoms. The molecule has 2 aromatic rings. The highest BCUT2D eigenvalue weighted by Gasteiger charge is 2.23. The zero-order valence-electron chi connectivity index (χ0n) is 16.5. The van der Waals surface area contributed by atoms with Gasteiger partial charge in [-0.05, 0) is 37.0 Å². The van der Waals surface area contributed by atoms with Gasteiger partial charge in [0.25, 0.3) is 5.56 Å². The highest BCUT2D eigenvalue weighted by atomic mass is 16.5. The lowest BCUT2D eigenvalue weighted by Crippen LogP contribution is -2.46. The average molecular weight is 383 g/mol. The Hall–Kier alpha value is -2.60. The Bertz CT molecular complexity index is 816. The Labute approximate surface area is 166 Å². The number of nitrogens with zero attached hydrogens (tertiary/aromatic N) is 2. The lowest BCUT2D eigenvalue weighted by molar-refractivity contribution is 0.0756. The summed E-state index contributed by atoms with van der Waals surface area (Å²) in [6.07, 6.45) is 3.93. The Morgan fingerprint density at radius 3 is 2.71 bits per heavy atom. The first-order chi connectivity index (χ1) is 13.7. The van der Waals surface area contributed by atoms with Crippen molar-refractivity contribution in [1.29, 1.82) is 0 Å². The molecule has 1 aliphatic heterocycles. The van der Waals surface area contributed by atoms with Crippen LogP contribution in [0.2, 0.25) is 0 Å². The van der Waals surface area contributed by atoms with Gasteiger partial charge in [0, 0.05) is 44.4 Å². The highest BCUT2D eigenvalue weighted by molar-refractivity contribution is 5.74. The van der Waals surface area contributed by atoms with Crippen LogP contribution < -0.4 is 10.9 Å². The van der Waals surface area contributed by atoms with E-state index in [4.69, 9.17) is 4.74 Å². The van der Waals surface area contributed by atoms with Gasteiger partial charge in [0.2, 0.25) is 0 Å². The highest BCUT2D eigenvalue weighted by Crippen LogP contribution is 2.17. The minimum atomic E-state index is -0.0129. The molecule has 1 aromatic carbocycles.